The molecule has 13 heavy (non-hydrogen) atoms. The van der Waals surface area contributed by atoms with Gasteiger partial charge < -0.3 is 9.84 Å². The third-order valence-corrected chi connectivity index (χ3v) is 1.71. The number of nitrogens with zero attached hydrogens (tertiary/aromatic N) is 2. The number of hydrogen-bond acceptors (Lipinski definition) is 4. The number of aromatic nitrogens is 2. The molecule has 0 spiro atoms. The standard InChI is InChI=1S/C7H10BrN3O2/c1-7(2,8)6(12)9-3-5-10-4-13-11-5/h4H,3H2,1-2H3,(H,9,12). The van der Waals surface area contributed by atoms with Crippen LogP contribution in [-0.4, -0.2) is 20.4 Å². The fourth-order valence-corrected chi connectivity index (χ4v) is 0.780. The number of alkyl halides is 1. The molecule has 0 atom stereocenters. The van der Waals surface area contributed by atoms with E-state index in [0.29, 0.717) is 5.82 Å². The summed E-state index contributed by atoms with van der Waals surface area (Å²) in [5.74, 6) is 0.349. The van der Waals surface area contributed by atoms with E-state index >= 15 is 0 Å². The van der Waals surface area contributed by atoms with E-state index in [9.17, 15) is 4.79 Å². The first-order chi connectivity index (χ1) is 6.00. The van der Waals surface area contributed by atoms with Gasteiger partial charge >= 0.3 is 0 Å². The molecule has 5 nitrogen and oxygen atoms in total. The van der Waals surface area contributed by atoms with E-state index in [4.69, 9.17) is 0 Å². The smallest absolute Gasteiger partial charge is 0.236 e. The molecule has 72 valence electrons. The summed E-state index contributed by atoms with van der Waals surface area (Å²) in [4.78, 5) is 15.1. The number of nitrogens with one attached hydrogen (secondary N) is 1. The Balaban J connectivity index is 2.40. The summed E-state index contributed by atoms with van der Waals surface area (Å²) in [7, 11) is 0. The Kier molecular flexibility index (Phi) is 3.02. The van der Waals surface area contributed by atoms with E-state index in [0.717, 1.165) is 0 Å². The van der Waals surface area contributed by atoms with Crippen LogP contribution >= 0.6 is 15.9 Å². The van der Waals surface area contributed by atoms with Gasteiger partial charge in [-0.05, 0) is 13.8 Å². The predicted octanol–water partition coefficient (Wildman–Crippen LogP) is 0.859. The van der Waals surface area contributed by atoms with Gasteiger partial charge in [0.1, 0.15) is 0 Å². The summed E-state index contributed by atoms with van der Waals surface area (Å²) >= 11 is 3.23. The Morgan fingerprint density at radius 3 is 2.92 bits per heavy atom. The van der Waals surface area contributed by atoms with Gasteiger partial charge in [0.25, 0.3) is 0 Å². The Hall–Kier alpha value is -0.910. The van der Waals surface area contributed by atoms with E-state index in [2.05, 4.69) is 35.9 Å². The highest BCUT2D eigenvalue weighted by atomic mass is 79.9. The van der Waals surface area contributed by atoms with Crippen LogP contribution in [0.5, 0.6) is 0 Å². The maximum Gasteiger partial charge on any atom is 0.236 e. The van der Waals surface area contributed by atoms with Crippen LogP contribution in [0, 0.1) is 0 Å². The summed E-state index contributed by atoms with van der Waals surface area (Å²) in [5.41, 5.74) is 0. The van der Waals surface area contributed by atoms with Crippen molar-refractivity contribution >= 4 is 21.8 Å². The number of carbonyl (C=O) groups is 1. The normalized spacial score (nSPS) is 11.3. The molecule has 1 N–H and O–H groups in total. The maximum absolute atomic E-state index is 11.3. The van der Waals surface area contributed by atoms with Crippen LogP contribution in [0.25, 0.3) is 0 Å². The van der Waals surface area contributed by atoms with Gasteiger partial charge in [0.2, 0.25) is 12.3 Å². The van der Waals surface area contributed by atoms with E-state index in [1.165, 1.54) is 6.39 Å². The minimum Gasteiger partial charge on any atom is -0.347 e. The summed E-state index contributed by atoms with van der Waals surface area (Å²) in [5, 5.41) is 6.21. The van der Waals surface area contributed by atoms with Crippen LogP contribution < -0.4 is 5.32 Å². The second kappa shape index (κ2) is 3.87. The molecule has 1 rings (SSSR count). The van der Waals surface area contributed by atoms with Crippen molar-refractivity contribution in [2.45, 2.75) is 24.7 Å². The fraction of sp³-hybridized carbons (Fsp3) is 0.571. The lowest BCUT2D eigenvalue weighted by Crippen LogP contribution is -2.37. The predicted molar refractivity (Wildman–Crippen MR) is 49.2 cm³/mol. The van der Waals surface area contributed by atoms with Gasteiger partial charge in [-0.1, -0.05) is 21.1 Å². The zero-order chi connectivity index (χ0) is 9.90. The molecule has 1 aromatic rings. The van der Waals surface area contributed by atoms with Crippen molar-refractivity contribution in [3.05, 3.63) is 12.2 Å². The zero-order valence-electron chi connectivity index (χ0n) is 7.37. The molecule has 1 aromatic heterocycles. The van der Waals surface area contributed by atoms with Crippen molar-refractivity contribution in [1.82, 2.24) is 15.5 Å². The first-order valence-corrected chi connectivity index (χ1v) is 4.52. The number of carbonyl (C=O) groups excluding carboxylic acids is 1. The van der Waals surface area contributed by atoms with Crippen LogP contribution in [0.3, 0.4) is 0 Å². The molecule has 6 heteroatoms. The van der Waals surface area contributed by atoms with Crippen LogP contribution in [0.15, 0.2) is 10.9 Å². The van der Waals surface area contributed by atoms with E-state index in [1.807, 2.05) is 0 Å². The largest absolute Gasteiger partial charge is 0.347 e. The molecule has 0 bridgehead atoms. The number of hydrogen-bond donors (Lipinski definition) is 1. The molecule has 0 aliphatic rings. The Labute approximate surface area is 84.0 Å². The van der Waals surface area contributed by atoms with Gasteiger partial charge in [0.15, 0.2) is 5.82 Å². The van der Waals surface area contributed by atoms with Gasteiger partial charge in [-0.3, -0.25) is 4.79 Å². The Morgan fingerprint density at radius 2 is 2.46 bits per heavy atom. The molecular formula is C7H10BrN3O2. The van der Waals surface area contributed by atoms with Gasteiger partial charge in [0.05, 0.1) is 10.9 Å². The molecule has 0 unspecified atom stereocenters. The maximum atomic E-state index is 11.3. The van der Waals surface area contributed by atoms with Crippen molar-refractivity contribution in [2.75, 3.05) is 0 Å². The van der Waals surface area contributed by atoms with Crippen molar-refractivity contribution in [3.63, 3.8) is 0 Å². The number of rotatable bonds is 3. The van der Waals surface area contributed by atoms with E-state index < -0.39 is 4.32 Å². The monoisotopic (exact) mass is 247 g/mol. The second-order valence-electron chi connectivity index (χ2n) is 3.00. The average Bonchev–Trinajstić information content (AvgIpc) is 2.50. The summed E-state index contributed by atoms with van der Waals surface area (Å²) < 4.78 is 3.94. The van der Waals surface area contributed by atoms with Gasteiger partial charge in [0, 0.05) is 0 Å². The molecule has 1 amide bonds. The van der Waals surface area contributed by atoms with Crippen molar-refractivity contribution in [3.8, 4) is 0 Å². The van der Waals surface area contributed by atoms with Crippen LogP contribution in [0.1, 0.15) is 19.7 Å². The Bertz CT molecular complexity index is 278. The molecule has 0 saturated heterocycles. The lowest BCUT2D eigenvalue weighted by Gasteiger charge is -2.14. The number of amides is 1. The van der Waals surface area contributed by atoms with Crippen LogP contribution in [0.4, 0.5) is 0 Å². The zero-order valence-corrected chi connectivity index (χ0v) is 8.96. The highest BCUT2D eigenvalue weighted by molar-refractivity contribution is 9.10. The van der Waals surface area contributed by atoms with Crippen molar-refractivity contribution < 1.29 is 9.32 Å². The van der Waals surface area contributed by atoms with E-state index in [-0.39, 0.29) is 12.5 Å². The highest BCUT2D eigenvalue weighted by Crippen LogP contribution is 2.15. The van der Waals surface area contributed by atoms with Crippen molar-refractivity contribution in [1.29, 1.82) is 0 Å². The van der Waals surface area contributed by atoms with Gasteiger partial charge in [-0.2, -0.15) is 4.98 Å². The summed E-state index contributed by atoms with van der Waals surface area (Å²) in [6.07, 6.45) is 1.22. The summed E-state index contributed by atoms with van der Waals surface area (Å²) in [6, 6.07) is 0. The molecule has 1 heterocycles. The summed E-state index contributed by atoms with van der Waals surface area (Å²) in [6.45, 7) is 3.81. The molecule has 0 aliphatic heterocycles. The average molecular weight is 248 g/mol. The molecular weight excluding hydrogens is 238 g/mol. The van der Waals surface area contributed by atoms with Gasteiger partial charge in [-0.15, -0.1) is 0 Å². The topological polar surface area (TPSA) is 68.0 Å². The van der Waals surface area contributed by atoms with Crippen LogP contribution in [-0.2, 0) is 11.3 Å². The third kappa shape index (κ3) is 3.14. The molecule has 0 radical (unpaired) electrons. The van der Waals surface area contributed by atoms with Crippen molar-refractivity contribution in [2.24, 2.45) is 0 Å². The highest BCUT2D eigenvalue weighted by Gasteiger charge is 2.23. The minimum absolute atomic E-state index is 0.114. The molecule has 0 aromatic carbocycles. The van der Waals surface area contributed by atoms with Gasteiger partial charge in [-0.25, -0.2) is 0 Å². The Morgan fingerprint density at radius 1 is 1.77 bits per heavy atom. The van der Waals surface area contributed by atoms with E-state index in [1.54, 1.807) is 13.8 Å². The lowest BCUT2D eigenvalue weighted by atomic mass is 10.2. The number of halogens is 1. The SMILES string of the molecule is CC(C)(Br)C(=O)NCc1ncon1. The lowest BCUT2D eigenvalue weighted by molar-refractivity contribution is -0.122. The molecule has 0 aliphatic carbocycles. The third-order valence-electron chi connectivity index (χ3n) is 1.35. The molecule has 0 saturated carbocycles. The first-order valence-electron chi connectivity index (χ1n) is 3.72. The second-order valence-corrected chi connectivity index (χ2v) is 4.99. The molecule has 0 fully saturated rings. The quantitative estimate of drug-likeness (QED) is 0.805. The fourth-order valence-electron chi connectivity index (χ4n) is 0.640. The first kappa shape index (κ1) is 10.2. The minimum atomic E-state index is -0.573. The van der Waals surface area contributed by atoms with Crippen LogP contribution in [0.2, 0.25) is 0 Å².